The number of nitrogens with zero attached hydrogens (tertiary/aromatic N) is 1. The second-order valence-corrected chi connectivity index (χ2v) is 4.52. The molecule has 0 radical (unpaired) electrons. The average molecular weight is 213 g/mol. The van der Waals surface area contributed by atoms with Gasteiger partial charge in [0.2, 0.25) is 0 Å². The lowest BCUT2D eigenvalue weighted by Crippen LogP contribution is -2.52. The first-order valence-electron chi connectivity index (χ1n) is 6.01. The number of hydrogen-bond donors (Lipinski definition) is 0. The minimum absolute atomic E-state index is 0.153. The van der Waals surface area contributed by atoms with Gasteiger partial charge >= 0.3 is 5.97 Å². The Hall–Kier alpha value is -0.570. The molecule has 3 heteroatoms. The number of hydrogen-bond acceptors (Lipinski definition) is 3. The summed E-state index contributed by atoms with van der Waals surface area (Å²) >= 11 is 0. The number of unbranched alkanes of at least 4 members (excludes halogenated alkanes) is 1. The number of likely N-dealkylation sites (tertiary alicyclic amines) is 1. The van der Waals surface area contributed by atoms with Gasteiger partial charge in [0, 0.05) is 26.3 Å². The number of esters is 1. The van der Waals surface area contributed by atoms with Gasteiger partial charge in [-0.25, -0.2) is 0 Å². The van der Waals surface area contributed by atoms with Crippen LogP contribution in [0.5, 0.6) is 0 Å². The van der Waals surface area contributed by atoms with E-state index in [9.17, 15) is 4.79 Å². The topological polar surface area (TPSA) is 29.5 Å². The lowest BCUT2D eigenvalue weighted by atomic mass is 9.93. The highest BCUT2D eigenvalue weighted by molar-refractivity contribution is 5.66. The summed E-state index contributed by atoms with van der Waals surface area (Å²) in [5.41, 5.74) is -0.305. The third-order valence-electron chi connectivity index (χ3n) is 3.26. The molecule has 88 valence electrons. The van der Waals surface area contributed by atoms with Crippen molar-refractivity contribution < 1.29 is 9.53 Å². The van der Waals surface area contributed by atoms with Crippen LogP contribution in [-0.4, -0.2) is 30.2 Å². The van der Waals surface area contributed by atoms with Crippen LogP contribution in [0, 0.1) is 0 Å². The number of ether oxygens (including phenoxy) is 1. The first-order valence-corrected chi connectivity index (χ1v) is 6.01. The Balaban J connectivity index is 2.68. The molecule has 1 saturated heterocycles. The highest BCUT2D eigenvalue weighted by atomic mass is 16.6. The van der Waals surface area contributed by atoms with Gasteiger partial charge in [-0.05, 0) is 26.3 Å². The fourth-order valence-electron chi connectivity index (χ4n) is 2.36. The summed E-state index contributed by atoms with van der Waals surface area (Å²) in [5.74, 6) is -0.153. The molecule has 0 bridgehead atoms. The third-order valence-corrected chi connectivity index (χ3v) is 3.26. The quantitative estimate of drug-likeness (QED) is 0.672. The largest absolute Gasteiger partial charge is 0.444 e. The maximum atomic E-state index is 11.2. The summed E-state index contributed by atoms with van der Waals surface area (Å²) < 4.78 is 5.58. The normalized spacial score (nSPS) is 27.7. The van der Waals surface area contributed by atoms with E-state index >= 15 is 0 Å². The van der Waals surface area contributed by atoms with Gasteiger partial charge in [0.1, 0.15) is 0 Å². The van der Waals surface area contributed by atoms with E-state index in [0.717, 1.165) is 32.2 Å². The van der Waals surface area contributed by atoms with Crippen LogP contribution in [0.2, 0.25) is 0 Å². The summed E-state index contributed by atoms with van der Waals surface area (Å²) in [7, 11) is 2.07. The van der Waals surface area contributed by atoms with Gasteiger partial charge in [-0.15, -0.1) is 0 Å². The van der Waals surface area contributed by atoms with Gasteiger partial charge < -0.3 is 4.74 Å². The van der Waals surface area contributed by atoms with E-state index < -0.39 is 0 Å². The average Bonchev–Trinajstić information content (AvgIpc) is 2.18. The predicted octanol–water partition coefficient (Wildman–Crippen LogP) is 2.55. The van der Waals surface area contributed by atoms with E-state index in [4.69, 9.17) is 4.74 Å². The van der Waals surface area contributed by atoms with Crippen LogP contribution >= 0.6 is 0 Å². The van der Waals surface area contributed by atoms with Crippen molar-refractivity contribution in [1.29, 1.82) is 0 Å². The minimum Gasteiger partial charge on any atom is -0.444 e. The molecule has 1 unspecified atom stereocenters. The SMILES string of the molecule is CCCCC1(OC(C)=O)CCCCN1C. The second kappa shape index (κ2) is 5.50. The molecule has 1 atom stereocenters. The Kier molecular flexibility index (Phi) is 4.58. The van der Waals surface area contributed by atoms with Gasteiger partial charge in [-0.1, -0.05) is 13.3 Å². The Labute approximate surface area is 92.8 Å². The molecule has 0 aromatic carbocycles. The Bertz CT molecular complexity index is 218. The fraction of sp³-hybridized carbons (Fsp3) is 0.917. The maximum absolute atomic E-state index is 11.2. The van der Waals surface area contributed by atoms with Crippen molar-refractivity contribution >= 4 is 5.97 Å². The molecule has 0 amide bonds. The van der Waals surface area contributed by atoms with E-state index in [1.807, 2.05) is 0 Å². The molecular formula is C12H23NO2. The summed E-state index contributed by atoms with van der Waals surface area (Å²) in [6.45, 7) is 4.72. The second-order valence-electron chi connectivity index (χ2n) is 4.52. The standard InChI is InChI=1S/C12H23NO2/c1-4-5-8-12(15-11(2)14)9-6-7-10-13(12)3/h4-10H2,1-3H3. The minimum atomic E-state index is -0.305. The molecule has 15 heavy (non-hydrogen) atoms. The zero-order valence-corrected chi connectivity index (χ0v) is 10.2. The summed E-state index contributed by atoms with van der Waals surface area (Å²) in [4.78, 5) is 13.4. The highest BCUT2D eigenvalue weighted by Gasteiger charge is 2.38. The lowest BCUT2D eigenvalue weighted by Gasteiger charge is -2.44. The molecule has 0 spiro atoms. The summed E-state index contributed by atoms with van der Waals surface area (Å²) in [6.07, 6.45) is 6.62. The third kappa shape index (κ3) is 3.20. The van der Waals surface area contributed by atoms with Gasteiger partial charge in [0.15, 0.2) is 5.72 Å². The van der Waals surface area contributed by atoms with Gasteiger partial charge in [-0.2, -0.15) is 0 Å². The van der Waals surface area contributed by atoms with Crippen LogP contribution < -0.4 is 0 Å². The molecule has 0 aliphatic carbocycles. The molecule has 1 rings (SSSR count). The number of piperidine rings is 1. The molecule has 0 N–H and O–H groups in total. The van der Waals surface area contributed by atoms with Gasteiger partial charge in [-0.3, -0.25) is 9.69 Å². The lowest BCUT2D eigenvalue weighted by molar-refractivity contribution is -0.190. The molecule has 1 aliphatic heterocycles. The molecular weight excluding hydrogens is 190 g/mol. The van der Waals surface area contributed by atoms with Crippen molar-refractivity contribution in [2.24, 2.45) is 0 Å². The number of rotatable bonds is 4. The molecule has 0 aromatic heterocycles. The molecule has 1 heterocycles. The number of carbonyl (C=O) groups is 1. The molecule has 0 aromatic rings. The fourth-order valence-corrected chi connectivity index (χ4v) is 2.36. The van der Waals surface area contributed by atoms with E-state index in [1.165, 1.54) is 19.8 Å². The molecule has 1 aliphatic rings. The van der Waals surface area contributed by atoms with E-state index in [-0.39, 0.29) is 11.7 Å². The van der Waals surface area contributed by atoms with E-state index in [2.05, 4.69) is 18.9 Å². The Morgan fingerprint density at radius 1 is 1.47 bits per heavy atom. The zero-order chi connectivity index (χ0) is 11.3. The van der Waals surface area contributed by atoms with E-state index in [1.54, 1.807) is 0 Å². The van der Waals surface area contributed by atoms with Gasteiger partial charge in [0.25, 0.3) is 0 Å². The van der Waals surface area contributed by atoms with Crippen LogP contribution in [-0.2, 0) is 9.53 Å². The Morgan fingerprint density at radius 3 is 2.73 bits per heavy atom. The van der Waals surface area contributed by atoms with Crippen LogP contribution in [0.1, 0.15) is 52.4 Å². The molecule has 0 saturated carbocycles. The summed E-state index contributed by atoms with van der Waals surface area (Å²) in [5, 5.41) is 0. The van der Waals surface area contributed by atoms with Crippen molar-refractivity contribution in [2.45, 2.75) is 58.1 Å². The molecule has 1 fully saturated rings. The van der Waals surface area contributed by atoms with Crippen LogP contribution in [0.3, 0.4) is 0 Å². The first-order chi connectivity index (χ1) is 7.10. The summed E-state index contributed by atoms with van der Waals surface area (Å²) in [6, 6.07) is 0. The highest BCUT2D eigenvalue weighted by Crippen LogP contribution is 2.32. The van der Waals surface area contributed by atoms with Gasteiger partial charge in [0.05, 0.1) is 0 Å². The van der Waals surface area contributed by atoms with Crippen molar-refractivity contribution in [3.8, 4) is 0 Å². The molecule has 3 nitrogen and oxygen atoms in total. The predicted molar refractivity (Wildman–Crippen MR) is 60.5 cm³/mol. The van der Waals surface area contributed by atoms with Crippen LogP contribution in [0.4, 0.5) is 0 Å². The van der Waals surface area contributed by atoms with E-state index in [0.29, 0.717) is 0 Å². The van der Waals surface area contributed by atoms with Crippen molar-refractivity contribution in [1.82, 2.24) is 4.90 Å². The van der Waals surface area contributed by atoms with Crippen molar-refractivity contribution in [3.05, 3.63) is 0 Å². The zero-order valence-electron chi connectivity index (χ0n) is 10.2. The van der Waals surface area contributed by atoms with Crippen LogP contribution in [0.15, 0.2) is 0 Å². The van der Waals surface area contributed by atoms with Crippen molar-refractivity contribution in [2.75, 3.05) is 13.6 Å². The van der Waals surface area contributed by atoms with Crippen LogP contribution in [0.25, 0.3) is 0 Å². The monoisotopic (exact) mass is 213 g/mol. The maximum Gasteiger partial charge on any atom is 0.304 e. The Morgan fingerprint density at radius 2 is 2.20 bits per heavy atom. The smallest absolute Gasteiger partial charge is 0.304 e. The number of carbonyl (C=O) groups excluding carboxylic acids is 1. The first kappa shape index (κ1) is 12.5. The van der Waals surface area contributed by atoms with Crippen molar-refractivity contribution in [3.63, 3.8) is 0 Å².